The lowest BCUT2D eigenvalue weighted by atomic mass is 10.1. The number of ether oxygens (including phenoxy) is 1. The van der Waals surface area contributed by atoms with Gasteiger partial charge in [-0.2, -0.15) is 4.31 Å². The number of methoxy groups -OCH3 is 1. The van der Waals surface area contributed by atoms with Gasteiger partial charge in [0.05, 0.1) is 12.0 Å². The Kier molecular flexibility index (Phi) is 6.91. The number of hydrogen-bond acceptors (Lipinski definition) is 5. The third-order valence-corrected chi connectivity index (χ3v) is 7.59. The fourth-order valence-corrected chi connectivity index (χ4v) is 5.17. The summed E-state index contributed by atoms with van der Waals surface area (Å²) >= 11 is 0. The number of nitrogens with zero attached hydrogens (tertiary/aromatic N) is 2. The van der Waals surface area contributed by atoms with Crippen molar-refractivity contribution in [2.24, 2.45) is 0 Å². The fraction of sp³-hybridized carbons (Fsp3) is 0.192. The van der Waals surface area contributed by atoms with Gasteiger partial charge in [0, 0.05) is 37.4 Å². The van der Waals surface area contributed by atoms with Crippen molar-refractivity contribution < 1.29 is 17.9 Å². The molecule has 3 aromatic rings. The summed E-state index contributed by atoms with van der Waals surface area (Å²) in [6.45, 7) is 1.96. The van der Waals surface area contributed by atoms with E-state index in [4.69, 9.17) is 4.74 Å². The molecule has 0 saturated carbocycles. The molecule has 1 saturated heterocycles. The molecule has 33 heavy (non-hydrogen) atoms. The van der Waals surface area contributed by atoms with Crippen LogP contribution in [-0.4, -0.2) is 51.8 Å². The summed E-state index contributed by atoms with van der Waals surface area (Å²) in [6, 6.07) is 23.6. The molecular weight excluding hydrogens is 436 g/mol. The summed E-state index contributed by atoms with van der Waals surface area (Å²) in [5.74, 6) is 0.567. The normalized spacial score (nSPS) is 15.0. The molecule has 4 rings (SSSR count). The molecule has 0 spiro atoms. The van der Waals surface area contributed by atoms with E-state index >= 15 is 0 Å². The number of sulfonamides is 1. The van der Waals surface area contributed by atoms with Gasteiger partial charge in [0.25, 0.3) is 0 Å². The van der Waals surface area contributed by atoms with E-state index in [1.807, 2.05) is 54.6 Å². The fourth-order valence-electron chi connectivity index (χ4n) is 3.75. The Labute approximate surface area is 194 Å². The molecule has 0 bridgehead atoms. The third kappa shape index (κ3) is 5.32. The third-order valence-electron chi connectivity index (χ3n) is 5.68. The van der Waals surface area contributed by atoms with Crippen molar-refractivity contribution in [1.82, 2.24) is 4.31 Å². The zero-order chi connectivity index (χ0) is 23.3. The zero-order valence-corrected chi connectivity index (χ0v) is 19.2. The van der Waals surface area contributed by atoms with Crippen LogP contribution in [-0.2, 0) is 10.0 Å². The molecule has 0 aromatic heterocycles. The molecule has 0 radical (unpaired) electrons. The van der Waals surface area contributed by atoms with Gasteiger partial charge >= 0.3 is 0 Å². The summed E-state index contributed by atoms with van der Waals surface area (Å²) in [4.78, 5) is 14.9. The van der Waals surface area contributed by atoms with Crippen LogP contribution < -0.4 is 9.64 Å². The van der Waals surface area contributed by atoms with Crippen molar-refractivity contribution in [3.8, 4) is 5.75 Å². The lowest BCUT2D eigenvalue weighted by molar-refractivity contribution is 0.104. The van der Waals surface area contributed by atoms with E-state index in [1.165, 1.54) is 4.31 Å². The smallest absolute Gasteiger partial charge is 0.243 e. The second-order valence-corrected chi connectivity index (χ2v) is 9.66. The largest absolute Gasteiger partial charge is 0.497 e. The van der Waals surface area contributed by atoms with E-state index in [-0.39, 0.29) is 10.7 Å². The number of hydrogen-bond donors (Lipinski definition) is 0. The van der Waals surface area contributed by atoms with Crippen LogP contribution in [0.4, 0.5) is 5.69 Å². The van der Waals surface area contributed by atoms with Crippen LogP contribution in [0.15, 0.2) is 89.8 Å². The Morgan fingerprint density at radius 2 is 1.48 bits per heavy atom. The van der Waals surface area contributed by atoms with E-state index < -0.39 is 10.0 Å². The molecule has 6 nitrogen and oxygen atoms in total. The number of benzene rings is 3. The molecular formula is C26H26N2O4S. The highest BCUT2D eigenvalue weighted by molar-refractivity contribution is 7.89. The minimum Gasteiger partial charge on any atom is -0.497 e. The highest BCUT2D eigenvalue weighted by atomic mass is 32.2. The molecule has 1 aliphatic heterocycles. The predicted molar refractivity (Wildman–Crippen MR) is 130 cm³/mol. The maximum Gasteiger partial charge on any atom is 0.243 e. The lowest BCUT2D eigenvalue weighted by Crippen LogP contribution is -2.48. The second kappa shape index (κ2) is 10.0. The van der Waals surface area contributed by atoms with Crippen LogP contribution in [0.3, 0.4) is 0 Å². The van der Waals surface area contributed by atoms with Crippen molar-refractivity contribution in [3.63, 3.8) is 0 Å². The van der Waals surface area contributed by atoms with Gasteiger partial charge in [-0.1, -0.05) is 36.4 Å². The molecule has 170 valence electrons. The monoisotopic (exact) mass is 462 g/mol. The number of rotatable bonds is 7. The van der Waals surface area contributed by atoms with Crippen LogP contribution in [0.2, 0.25) is 0 Å². The standard InChI is InChI=1S/C26H26N2O4S/c1-32-24-12-14-25(15-13-24)33(30,31)28-19-17-27(18-20-28)23-10-8-22(9-11-23)26(29)16-7-21-5-3-2-4-6-21/h2-16H,17-20H2,1H3/b16-7+. The highest BCUT2D eigenvalue weighted by Gasteiger charge is 2.28. The average molecular weight is 463 g/mol. The molecule has 0 N–H and O–H groups in total. The average Bonchev–Trinajstić information content (AvgIpc) is 2.88. The van der Waals surface area contributed by atoms with Crippen LogP contribution in [0.5, 0.6) is 5.75 Å². The van der Waals surface area contributed by atoms with Gasteiger partial charge in [-0.25, -0.2) is 8.42 Å². The molecule has 1 aliphatic rings. The van der Waals surface area contributed by atoms with Crippen molar-refractivity contribution >= 4 is 27.6 Å². The van der Waals surface area contributed by atoms with E-state index in [0.29, 0.717) is 37.5 Å². The van der Waals surface area contributed by atoms with E-state index in [0.717, 1.165) is 11.3 Å². The molecule has 3 aromatic carbocycles. The Bertz CT molecular complexity index is 1210. The van der Waals surface area contributed by atoms with E-state index in [1.54, 1.807) is 43.5 Å². The minimum absolute atomic E-state index is 0.0548. The second-order valence-electron chi connectivity index (χ2n) is 7.72. The van der Waals surface area contributed by atoms with Gasteiger partial charge in [0.2, 0.25) is 10.0 Å². The van der Waals surface area contributed by atoms with Crippen LogP contribution in [0, 0.1) is 0 Å². The molecule has 0 atom stereocenters. The van der Waals surface area contributed by atoms with E-state index in [9.17, 15) is 13.2 Å². The number of carbonyl (C=O) groups is 1. The Morgan fingerprint density at radius 3 is 2.09 bits per heavy atom. The van der Waals surface area contributed by atoms with Gasteiger partial charge in [0.15, 0.2) is 5.78 Å². The van der Waals surface area contributed by atoms with Crippen molar-refractivity contribution in [2.75, 3.05) is 38.2 Å². The van der Waals surface area contributed by atoms with Gasteiger partial charge in [-0.05, 0) is 60.2 Å². The predicted octanol–water partition coefficient (Wildman–Crippen LogP) is 4.10. The molecule has 7 heteroatoms. The Hall–Kier alpha value is -3.42. The summed E-state index contributed by atoms with van der Waals surface area (Å²) in [7, 11) is -1.99. The van der Waals surface area contributed by atoms with Crippen molar-refractivity contribution in [1.29, 1.82) is 0 Å². The van der Waals surface area contributed by atoms with Gasteiger partial charge in [0.1, 0.15) is 5.75 Å². The van der Waals surface area contributed by atoms with Gasteiger partial charge in [-0.3, -0.25) is 4.79 Å². The maximum atomic E-state index is 12.9. The summed E-state index contributed by atoms with van der Waals surface area (Å²) in [6.07, 6.45) is 3.38. The number of piperazine rings is 1. The number of ketones is 1. The Morgan fingerprint density at radius 1 is 0.848 bits per heavy atom. The number of anilines is 1. The maximum absolute atomic E-state index is 12.9. The molecule has 0 amide bonds. The quantitative estimate of drug-likeness (QED) is 0.391. The minimum atomic E-state index is -3.54. The van der Waals surface area contributed by atoms with Gasteiger partial charge < -0.3 is 9.64 Å². The summed E-state index contributed by atoms with van der Waals surface area (Å²) < 4.78 is 32.5. The number of allylic oxidation sites excluding steroid dienone is 1. The SMILES string of the molecule is COc1ccc(S(=O)(=O)N2CCN(c3ccc(C(=O)/C=C/c4ccccc4)cc3)CC2)cc1. The summed E-state index contributed by atoms with van der Waals surface area (Å²) in [5, 5.41) is 0. The molecule has 0 unspecified atom stereocenters. The van der Waals surface area contributed by atoms with Gasteiger partial charge in [-0.15, -0.1) is 0 Å². The molecule has 1 heterocycles. The first-order valence-electron chi connectivity index (χ1n) is 10.7. The number of carbonyl (C=O) groups excluding carboxylic acids is 1. The topological polar surface area (TPSA) is 66.9 Å². The molecule has 1 fully saturated rings. The van der Waals surface area contributed by atoms with E-state index in [2.05, 4.69) is 4.90 Å². The zero-order valence-electron chi connectivity index (χ0n) is 18.4. The molecule has 0 aliphatic carbocycles. The van der Waals surface area contributed by atoms with Crippen LogP contribution >= 0.6 is 0 Å². The van der Waals surface area contributed by atoms with Crippen molar-refractivity contribution in [3.05, 3.63) is 96.1 Å². The van der Waals surface area contributed by atoms with Crippen molar-refractivity contribution in [2.45, 2.75) is 4.90 Å². The first kappa shape index (κ1) is 22.8. The first-order chi connectivity index (χ1) is 16.0. The Balaban J connectivity index is 1.36. The summed E-state index contributed by atoms with van der Waals surface area (Å²) in [5.41, 5.74) is 2.57. The van der Waals surface area contributed by atoms with Crippen LogP contribution in [0.25, 0.3) is 6.08 Å². The lowest BCUT2D eigenvalue weighted by Gasteiger charge is -2.35. The highest BCUT2D eigenvalue weighted by Crippen LogP contribution is 2.23. The van der Waals surface area contributed by atoms with Crippen LogP contribution in [0.1, 0.15) is 15.9 Å². The first-order valence-corrected chi connectivity index (χ1v) is 12.2.